The van der Waals surface area contributed by atoms with Gasteiger partial charge in [0.25, 0.3) is 5.56 Å². The number of carbonyl (C=O) groups is 1. The van der Waals surface area contributed by atoms with E-state index >= 15 is 0 Å². The molecular formula is C16H19Ar3BrN4O5S. The molecule has 0 radical (unpaired) electrons. The molecule has 0 spiro atoms. The number of esters is 1. The van der Waals surface area contributed by atoms with Crippen LogP contribution in [0.2, 0.25) is 0 Å². The van der Waals surface area contributed by atoms with Crippen molar-refractivity contribution in [3.8, 4) is 0 Å². The minimum Gasteiger partial charge on any atom is -0.465 e. The van der Waals surface area contributed by atoms with E-state index in [0.717, 1.165) is 23.9 Å². The van der Waals surface area contributed by atoms with Crippen LogP contribution >= 0.6 is 15.9 Å². The second-order valence-corrected chi connectivity index (χ2v) is 8.66. The van der Waals surface area contributed by atoms with Gasteiger partial charge in [0.2, 0.25) is 10.0 Å². The number of hydrogen-bond donors (Lipinski definition) is 2. The van der Waals surface area contributed by atoms with Crippen LogP contribution < -0.4 is 10.3 Å². The molecular weight excluding hydrogens is 560 g/mol. The van der Waals surface area contributed by atoms with E-state index in [0.29, 0.717) is 19.4 Å². The number of ether oxygens (including phenoxy) is 1. The normalized spacial score (nSPS) is 15.1. The first kappa shape index (κ1) is 31.8. The van der Waals surface area contributed by atoms with Gasteiger partial charge >= 0.3 is 5.97 Å². The second kappa shape index (κ2) is 14.3. The fourth-order valence-corrected chi connectivity index (χ4v) is 4.81. The summed E-state index contributed by atoms with van der Waals surface area (Å²) in [5.41, 5.74) is 1.16. The molecule has 0 fully saturated rings. The van der Waals surface area contributed by atoms with Crippen LogP contribution in [0.25, 0.3) is 0 Å². The van der Waals surface area contributed by atoms with Crippen molar-refractivity contribution < 1.29 is 131 Å². The molecule has 30 heavy (non-hydrogen) atoms. The van der Waals surface area contributed by atoms with Crippen molar-refractivity contribution in [1.82, 2.24) is 19.5 Å². The summed E-state index contributed by atoms with van der Waals surface area (Å²) in [6.45, 7) is 2.02. The molecule has 1 aliphatic carbocycles. The number of halogens is 1. The molecule has 1 unspecified atom stereocenters. The molecule has 0 saturated heterocycles. The number of nitrogens with one attached hydrogen (secondary N) is 2. The predicted octanol–water partition coefficient (Wildman–Crippen LogP) is 1.25. The van der Waals surface area contributed by atoms with E-state index in [1.807, 2.05) is 0 Å². The smallest absolute Gasteiger partial charge is 0.327 e. The first-order valence-corrected chi connectivity index (χ1v) is 10.7. The number of pyridine rings is 1. The summed E-state index contributed by atoms with van der Waals surface area (Å²) < 4.78 is 34.7. The number of fused-ring (bicyclic) bond motifs is 1. The van der Waals surface area contributed by atoms with Gasteiger partial charge < -0.3 is 9.72 Å². The number of hydrogen-bond acceptors (Lipinski definition) is 6. The summed E-state index contributed by atoms with van der Waals surface area (Å²) in [6.07, 6.45) is 4.82. The molecule has 0 saturated carbocycles. The topological polar surface area (TPSA) is 123 Å². The Hall–Kier alpha value is 1.80. The van der Waals surface area contributed by atoms with Crippen LogP contribution in [0.4, 0.5) is 0 Å². The summed E-state index contributed by atoms with van der Waals surface area (Å²) in [4.78, 5) is 25.5. The monoisotopic (exact) mass is 578 g/mol. The number of aromatic nitrogens is 3. The van der Waals surface area contributed by atoms with Gasteiger partial charge in [-0.1, -0.05) is 0 Å². The Kier molecular flexibility index (Phi) is 15.1. The largest absolute Gasteiger partial charge is 0.465 e. The van der Waals surface area contributed by atoms with Crippen molar-refractivity contribution in [1.29, 1.82) is 0 Å². The van der Waals surface area contributed by atoms with Crippen LogP contribution in [0.1, 0.15) is 37.1 Å². The summed E-state index contributed by atoms with van der Waals surface area (Å²) in [6, 6.07) is 0.801. The molecule has 2 aromatic heterocycles. The number of carbonyl (C=O) groups excluding carboxylic acids is 1. The minimum absolute atomic E-state index is 0. The summed E-state index contributed by atoms with van der Waals surface area (Å²) >= 11 is 3.04. The standard InChI is InChI=1S/C16H19BrN4O5S.3Ar/c1-2-26-15(22)9-21-14-5-3-4-13(11(14)8-19-21)20-27(24,25)10-6-12(17)16(23)18-7-10;;;/h6-8,13,20H,2-5,9H2,1H3,(H,18,23);;;. The van der Waals surface area contributed by atoms with E-state index in [9.17, 15) is 18.0 Å². The van der Waals surface area contributed by atoms with Gasteiger partial charge in [0.15, 0.2) is 0 Å². The molecule has 2 heterocycles. The zero-order valence-corrected chi connectivity index (χ0v) is 20.2. The van der Waals surface area contributed by atoms with Crippen molar-refractivity contribution in [2.75, 3.05) is 6.61 Å². The first-order chi connectivity index (χ1) is 12.8. The van der Waals surface area contributed by atoms with Gasteiger partial charge in [0.05, 0.1) is 28.2 Å². The number of H-pyrrole nitrogens is 1. The molecule has 170 valence electrons. The van der Waals surface area contributed by atoms with Gasteiger partial charge in [-0.15, -0.1) is 0 Å². The van der Waals surface area contributed by atoms with Crippen LogP contribution in [-0.2, 0) is 32.5 Å². The van der Waals surface area contributed by atoms with E-state index in [-0.39, 0.29) is 135 Å². The van der Waals surface area contributed by atoms with Crippen LogP contribution in [-0.4, -0.2) is 35.8 Å². The number of sulfonamides is 1. The van der Waals surface area contributed by atoms with Crippen molar-refractivity contribution in [2.45, 2.75) is 43.7 Å². The van der Waals surface area contributed by atoms with E-state index in [2.05, 4.69) is 30.7 Å². The minimum atomic E-state index is -3.84. The Morgan fingerprint density at radius 3 is 2.73 bits per heavy atom. The van der Waals surface area contributed by atoms with Crippen molar-refractivity contribution in [3.63, 3.8) is 0 Å². The first-order valence-electron chi connectivity index (χ1n) is 8.42. The van der Waals surface area contributed by atoms with E-state index in [1.165, 1.54) is 6.07 Å². The van der Waals surface area contributed by atoms with Crippen LogP contribution in [0.3, 0.4) is 0 Å². The fraction of sp³-hybridized carbons (Fsp3) is 0.438. The summed E-state index contributed by atoms with van der Waals surface area (Å²) in [5.74, 6) is -0.385. The second-order valence-electron chi connectivity index (χ2n) is 6.09. The third-order valence-corrected chi connectivity index (χ3v) is 6.33. The fourth-order valence-electron chi connectivity index (χ4n) is 3.05. The van der Waals surface area contributed by atoms with E-state index < -0.39 is 21.6 Å². The molecule has 2 aromatic rings. The third kappa shape index (κ3) is 7.94. The van der Waals surface area contributed by atoms with E-state index in [4.69, 9.17) is 4.74 Å². The molecule has 14 heteroatoms. The zero-order chi connectivity index (χ0) is 19.6. The van der Waals surface area contributed by atoms with Gasteiger partial charge in [0.1, 0.15) is 6.54 Å². The number of nitrogens with zero attached hydrogens (tertiary/aromatic N) is 2. The summed E-state index contributed by atoms with van der Waals surface area (Å²) in [5, 5.41) is 4.22. The Morgan fingerprint density at radius 1 is 1.40 bits per heavy atom. The molecule has 1 aliphatic rings. The summed E-state index contributed by atoms with van der Waals surface area (Å²) in [7, 11) is -3.84. The third-order valence-electron chi connectivity index (χ3n) is 4.29. The number of rotatable bonds is 6. The zero-order valence-electron chi connectivity index (χ0n) is 15.6. The average molecular weight is 579 g/mol. The quantitative estimate of drug-likeness (QED) is 0.497. The van der Waals surface area contributed by atoms with Crippen molar-refractivity contribution in [2.24, 2.45) is 0 Å². The van der Waals surface area contributed by atoms with Gasteiger partial charge in [-0.2, -0.15) is 5.10 Å². The molecule has 9 nitrogen and oxygen atoms in total. The molecule has 0 amide bonds. The van der Waals surface area contributed by atoms with Crippen LogP contribution in [0.5, 0.6) is 0 Å². The molecule has 0 bridgehead atoms. The van der Waals surface area contributed by atoms with Gasteiger partial charge in [-0.3, -0.25) is 14.3 Å². The Bertz CT molecular complexity index is 1030. The van der Waals surface area contributed by atoms with Crippen molar-refractivity contribution in [3.05, 3.63) is 44.5 Å². The van der Waals surface area contributed by atoms with Crippen LogP contribution in [0.15, 0.2) is 32.6 Å². The Morgan fingerprint density at radius 2 is 2.10 bits per heavy atom. The van der Waals surface area contributed by atoms with Crippen LogP contribution in [0, 0.1) is 113 Å². The maximum absolute atomic E-state index is 12.7. The Balaban J connectivity index is 0.00000280. The average Bonchev–Trinajstić information content (AvgIpc) is 3.01. The predicted molar refractivity (Wildman–Crippen MR) is 99.6 cm³/mol. The molecule has 2 N–H and O–H groups in total. The SMILES string of the molecule is CCOC(=O)Cn1ncc2c1CCCC2NS(=O)(=O)c1c[nH]c(=O)c(Br)c1.[Ar].[Ar].[Ar]. The van der Waals surface area contributed by atoms with Gasteiger partial charge in [-0.25, -0.2) is 13.1 Å². The van der Waals surface area contributed by atoms with Gasteiger partial charge in [0, 0.05) is 131 Å². The van der Waals surface area contributed by atoms with Gasteiger partial charge in [-0.05, 0) is 48.2 Å². The maximum atomic E-state index is 12.7. The molecule has 0 aromatic carbocycles. The van der Waals surface area contributed by atoms with E-state index in [1.54, 1.807) is 17.8 Å². The molecule has 3 rings (SSSR count). The molecule has 1 atom stereocenters. The van der Waals surface area contributed by atoms with Crippen molar-refractivity contribution >= 4 is 31.9 Å². The molecule has 0 aliphatic heterocycles. The Labute approximate surface area is 272 Å². The number of aromatic amines is 1. The maximum Gasteiger partial charge on any atom is 0.327 e.